The third-order valence-electron chi connectivity index (χ3n) is 3.61. The summed E-state index contributed by atoms with van der Waals surface area (Å²) in [5.74, 6) is -0.115. The van der Waals surface area contributed by atoms with E-state index in [0.29, 0.717) is 46.0 Å². The Balaban J connectivity index is 3.13. The molecule has 0 rings (SSSR count). The van der Waals surface area contributed by atoms with Gasteiger partial charge in [-0.1, -0.05) is 58.3 Å². The predicted octanol–water partition coefficient (Wildman–Crippen LogP) is 3.44. The fourth-order valence-corrected chi connectivity index (χ4v) is 2.27. The first-order valence-electron chi connectivity index (χ1n) is 9.32. The van der Waals surface area contributed by atoms with Gasteiger partial charge in [0.1, 0.15) is 6.61 Å². The maximum Gasteiger partial charge on any atom is 0.305 e. The molecule has 0 aliphatic rings. The molecule has 0 saturated carbocycles. The second-order valence-electron chi connectivity index (χ2n) is 5.81. The van der Waals surface area contributed by atoms with Crippen molar-refractivity contribution in [3.8, 4) is 0 Å². The van der Waals surface area contributed by atoms with Crippen molar-refractivity contribution in [3.63, 3.8) is 0 Å². The van der Waals surface area contributed by atoms with Crippen LogP contribution in [0.15, 0.2) is 0 Å². The minimum absolute atomic E-state index is 0.115. The molecule has 0 amide bonds. The molecule has 0 fully saturated rings. The zero-order valence-corrected chi connectivity index (χ0v) is 15.0. The number of unbranched alkanes of at least 4 members (excludes halogenated alkanes) is 8. The maximum absolute atomic E-state index is 11.5. The van der Waals surface area contributed by atoms with E-state index in [2.05, 4.69) is 6.92 Å². The molecule has 0 unspecified atom stereocenters. The lowest BCUT2D eigenvalue weighted by Crippen LogP contribution is -2.14. The van der Waals surface area contributed by atoms with E-state index in [4.69, 9.17) is 19.9 Å². The normalized spacial score (nSPS) is 10.9. The summed E-state index contributed by atoms with van der Waals surface area (Å²) in [4.78, 5) is 11.5. The summed E-state index contributed by atoms with van der Waals surface area (Å²) in [6, 6.07) is 0. The van der Waals surface area contributed by atoms with Crippen LogP contribution in [-0.4, -0.2) is 45.5 Å². The molecule has 0 aliphatic heterocycles. The van der Waals surface area contributed by atoms with E-state index in [-0.39, 0.29) is 5.97 Å². The van der Waals surface area contributed by atoms with Crippen molar-refractivity contribution in [1.82, 2.24) is 0 Å². The van der Waals surface area contributed by atoms with Gasteiger partial charge in [0.2, 0.25) is 0 Å². The molecule has 0 aromatic heterocycles. The van der Waals surface area contributed by atoms with Crippen molar-refractivity contribution in [3.05, 3.63) is 0 Å². The van der Waals surface area contributed by atoms with Crippen LogP contribution in [-0.2, 0) is 19.0 Å². The van der Waals surface area contributed by atoms with Crippen LogP contribution in [0.25, 0.3) is 0 Å². The third-order valence-corrected chi connectivity index (χ3v) is 3.61. The number of carbonyl (C=O) groups is 1. The van der Waals surface area contributed by atoms with Crippen LogP contribution in [0.4, 0.5) is 0 Å². The summed E-state index contributed by atoms with van der Waals surface area (Å²) in [6.07, 6.45) is 11.8. The minimum atomic E-state index is -0.115. The van der Waals surface area contributed by atoms with Crippen LogP contribution < -0.4 is 5.73 Å². The second kappa shape index (κ2) is 19.4. The van der Waals surface area contributed by atoms with Gasteiger partial charge in [0, 0.05) is 13.0 Å². The summed E-state index contributed by atoms with van der Waals surface area (Å²) < 4.78 is 15.6. The Hall–Kier alpha value is -0.650. The molecule has 0 aromatic carbocycles. The zero-order chi connectivity index (χ0) is 17.0. The van der Waals surface area contributed by atoms with Gasteiger partial charge in [-0.25, -0.2) is 0 Å². The van der Waals surface area contributed by atoms with Crippen molar-refractivity contribution in [1.29, 1.82) is 0 Å². The highest BCUT2D eigenvalue weighted by atomic mass is 16.6. The fraction of sp³-hybridized carbons (Fsp3) is 0.944. The second-order valence-corrected chi connectivity index (χ2v) is 5.81. The van der Waals surface area contributed by atoms with Crippen molar-refractivity contribution < 1.29 is 19.0 Å². The number of ether oxygens (including phenoxy) is 3. The monoisotopic (exact) mass is 331 g/mol. The van der Waals surface area contributed by atoms with E-state index in [0.717, 1.165) is 12.8 Å². The highest BCUT2D eigenvalue weighted by Gasteiger charge is 2.02. The SMILES string of the molecule is CCCCCCCCCCCC(=O)OCCOCCOCCN. The van der Waals surface area contributed by atoms with E-state index < -0.39 is 0 Å². The number of esters is 1. The Bertz CT molecular complexity index is 249. The average molecular weight is 331 g/mol. The van der Waals surface area contributed by atoms with E-state index in [9.17, 15) is 4.79 Å². The standard InChI is InChI=1S/C18H37NO4/c1-2-3-4-5-6-7-8-9-10-11-18(20)23-17-16-22-15-14-21-13-12-19/h2-17,19H2,1H3. The lowest BCUT2D eigenvalue weighted by molar-refractivity contribution is -0.145. The van der Waals surface area contributed by atoms with Crippen molar-refractivity contribution >= 4 is 5.97 Å². The quantitative estimate of drug-likeness (QED) is 0.308. The number of nitrogens with two attached hydrogens (primary N) is 1. The van der Waals surface area contributed by atoms with Crippen LogP contribution in [0, 0.1) is 0 Å². The van der Waals surface area contributed by atoms with Crippen LogP contribution in [0.5, 0.6) is 0 Å². The molecule has 138 valence electrons. The third kappa shape index (κ3) is 19.3. The molecule has 0 saturated heterocycles. The maximum atomic E-state index is 11.5. The summed E-state index contributed by atoms with van der Waals surface area (Å²) in [7, 11) is 0. The van der Waals surface area contributed by atoms with Gasteiger partial charge in [0.05, 0.1) is 26.4 Å². The average Bonchev–Trinajstić information content (AvgIpc) is 2.56. The smallest absolute Gasteiger partial charge is 0.305 e. The Morgan fingerprint density at radius 3 is 1.87 bits per heavy atom. The van der Waals surface area contributed by atoms with E-state index >= 15 is 0 Å². The number of hydrogen-bond acceptors (Lipinski definition) is 5. The number of carbonyl (C=O) groups excluding carboxylic acids is 1. The molecule has 0 radical (unpaired) electrons. The van der Waals surface area contributed by atoms with Crippen molar-refractivity contribution in [2.24, 2.45) is 5.73 Å². The number of rotatable bonds is 18. The van der Waals surface area contributed by atoms with E-state index in [1.54, 1.807) is 0 Å². The van der Waals surface area contributed by atoms with Crippen molar-refractivity contribution in [2.75, 3.05) is 39.6 Å². The number of hydrogen-bond donors (Lipinski definition) is 1. The van der Waals surface area contributed by atoms with Crippen molar-refractivity contribution in [2.45, 2.75) is 71.1 Å². The van der Waals surface area contributed by atoms with Crippen LogP contribution >= 0.6 is 0 Å². The molecule has 23 heavy (non-hydrogen) atoms. The Kier molecular flexibility index (Phi) is 18.8. The lowest BCUT2D eigenvalue weighted by Gasteiger charge is -2.06. The molecular formula is C18H37NO4. The molecule has 0 spiro atoms. The molecule has 0 aromatic rings. The minimum Gasteiger partial charge on any atom is -0.463 e. The Labute approximate surface area is 142 Å². The Morgan fingerprint density at radius 2 is 1.26 bits per heavy atom. The molecule has 0 atom stereocenters. The summed E-state index contributed by atoms with van der Waals surface area (Å²) in [5.41, 5.74) is 5.29. The molecule has 0 bridgehead atoms. The first-order valence-corrected chi connectivity index (χ1v) is 9.32. The van der Waals surface area contributed by atoms with E-state index in [1.165, 1.54) is 44.9 Å². The van der Waals surface area contributed by atoms with Gasteiger partial charge in [-0.3, -0.25) is 4.79 Å². The Morgan fingerprint density at radius 1 is 0.739 bits per heavy atom. The topological polar surface area (TPSA) is 70.8 Å². The lowest BCUT2D eigenvalue weighted by atomic mass is 10.1. The summed E-state index contributed by atoms with van der Waals surface area (Å²) in [5, 5.41) is 0. The van der Waals surface area contributed by atoms with Gasteiger partial charge in [0.15, 0.2) is 0 Å². The highest BCUT2D eigenvalue weighted by Crippen LogP contribution is 2.10. The first-order chi connectivity index (χ1) is 11.3. The summed E-state index contributed by atoms with van der Waals surface area (Å²) >= 11 is 0. The van der Waals surface area contributed by atoms with Crippen LogP contribution in [0.1, 0.15) is 71.1 Å². The van der Waals surface area contributed by atoms with E-state index in [1.807, 2.05) is 0 Å². The molecule has 0 heterocycles. The van der Waals surface area contributed by atoms with Gasteiger partial charge in [0.25, 0.3) is 0 Å². The largest absolute Gasteiger partial charge is 0.463 e. The molecular weight excluding hydrogens is 294 g/mol. The molecule has 2 N–H and O–H groups in total. The summed E-state index contributed by atoms with van der Waals surface area (Å²) in [6.45, 7) is 5.11. The van der Waals surface area contributed by atoms with Crippen LogP contribution in [0.2, 0.25) is 0 Å². The highest BCUT2D eigenvalue weighted by molar-refractivity contribution is 5.69. The van der Waals surface area contributed by atoms with Crippen LogP contribution in [0.3, 0.4) is 0 Å². The molecule has 0 aliphatic carbocycles. The molecule has 5 nitrogen and oxygen atoms in total. The van der Waals surface area contributed by atoms with Gasteiger partial charge in [-0.15, -0.1) is 0 Å². The first kappa shape index (κ1) is 22.4. The predicted molar refractivity (Wildman–Crippen MR) is 93.5 cm³/mol. The van der Waals surface area contributed by atoms with Gasteiger partial charge >= 0.3 is 5.97 Å². The fourth-order valence-electron chi connectivity index (χ4n) is 2.27. The van der Waals surface area contributed by atoms with Gasteiger partial charge < -0.3 is 19.9 Å². The van der Waals surface area contributed by atoms with Gasteiger partial charge in [-0.2, -0.15) is 0 Å². The zero-order valence-electron chi connectivity index (χ0n) is 15.0. The van der Waals surface area contributed by atoms with Gasteiger partial charge in [-0.05, 0) is 6.42 Å². The molecule has 5 heteroatoms.